The summed E-state index contributed by atoms with van der Waals surface area (Å²) in [7, 11) is -3.66. The first-order chi connectivity index (χ1) is 15.2. The molecule has 1 amide bonds. The zero-order valence-electron chi connectivity index (χ0n) is 18.8. The van der Waals surface area contributed by atoms with Crippen LogP contribution in [0.3, 0.4) is 0 Å². The quantitative estimate of drug-likeness (QED) is 0.494. The summed E-state index contributed by atoms with van der Waals surface area (Å²) in [5.41, 5.74) is 1.62. The van der Waals surface area contributed by atoms with Crippen molar-refractivity contribution in [3.8, 4) is 0 Å². The Bertz CT molecular complexity index is 1040. The van der Waals surface area contributed by atoms with E-state index in [0.29, 0.717) is 37.6 Å². The molecule has 0 aliphatic carbocycles. The Morgan fingerprint density at radius 1 is 0.969 bits per heavy atom. The van der Waals surface area contributed by atoms with Crippen LogP contribution in [-0.4, -0.2) is 51.4 Å². The zero-order valence-corrected chi connectivity index (χ0v) is 20.4. The van der Waals surface area contributed by atoms with Crippen molar-refractivity contribution in [1.29, 1.82) is 0 Å². The number of carbonyl (C=O) groups is 1. The van der Waals surface area contributed by atoms with Gasteiger partial charge in [-0.25, -0.2) is 12.8 Å². The van der Waals surface area contributed by atoms with Gasteiger partial charge in [-0.05, 0) is 50.2 Å². The van der Waals surface area contributed by atoms with E-state index in [1.54, 1.807) is 32.0 Å². The van der Waals surface area contributed by atoms with Crippen molar-refractivity contribution in [3.05, 3.63) is 47.2 Å². The molecule has 0 aliphatic rings. The molecular formula is C22H30ClFN4O3S. The molecule has 7 nitrogen and oxygen atoms in total. The molecule has 0 unspecified atom stereocenters. The van der Waals surface area contributed by atoms with Crippen molar-refractivity contribution in [2.75, 3.05) is 48.3 Å². The van der Waals surface area contributed by atoms with Gasteiger partial charge in [0.25, 0.3) is 0 Å². The van der Waals surface area contributed by atoms with E-state index in [1.165, 1.54) is 16.4 Å². The lowest BCUT2D eigenvalue weighted by molar-refractivity contribution is -0.114. The number of halogens is 2. The lowest BCUT2D eigenvalue weighted by atomic mass is 10.2. The Labute approximate surface area is 194 Å². The zero-order chi connectivity index (χ0) is 23.9. The van der Waals surface area contributed by atoms with E-state index in [1.807, 2.05) is 13.8 Å². The second kappa shape index (κ2) is 11.5. The van der Waals surface area contributed by atoms with Crippen molar-refractivity contribution >= 4 is 44.6 Å². The smallest absolute Gasteiger partial charge is 0.243 e. The Hall–Kier alpha value is -2.36. The standard InChI is InChI=1S/C22H30ClFN4O3S/c1-5-27(6-2)21-12-10-17(32(30,31)28(7-3)8-4)14-20(21)25-15-22(29)26-19-11-9-16(24)13-18(19)23/h9-14,25H,5-8,15H2,1-4H3,(H,26,29). The van der Waals surface area contributed by atoms with Gasteiger partial charge in [0.2, 0.25) is 15.9 Å². The van der Waals surface area contributed by atoms with Crippen LogP contribution in [0.1, 0.15) is 27.7 Å². The van der Waals surface area contributed by atoms with Crippen LogP contribution >= 0.6 is 11.6 Å². The normalized spacial score (nSPS) is 11.5. The van der Waals surface area contributed by atoms with Gasteiger partial charge in [-0.1, -0.05) is 25.4 Å². The van der Waals surface area contributed by atoms with E-state index in [2.05, 4.69) is 15.5 Å². The van der Waals surface area contributed by atoms with Crippen molar-refractivity contribution in [1.82, 2.24) is 4.31 Å². The van der Waals surface area contributed by atoms with Crippen LogP contribution < -0.4 is 15.5 Å². The fraction of sp³-hybridized carbons (Fsp3) is 0.409. The molecule has 0 saturated carbocycles. The van der Waals surface area contributed by atoms with E-state index in [9.17, 15) is 17.6 Å². The summed E-state index contributed by atoms with van der Waals surface area (Å²) < 4.78 is 40.5. The van der Waals surface area contributed by atoms with Crippen LogP contribution in [0.15, 0.2) is 41.3 Å². The lowest BCUT2D eigenvalue weighted by Crippen LogP contribution is -2.31. The maximum absolute atomic E-state index is 13.2. The molecule has 176 valence electrons. The van der Waals surface area contributed by atoms with E-state index in [4.69, 9.17) is 11.6 Å². The van der Waals surface area contributed by atoms with Crippen LogP contribution in [0.25, 0.3) is 0 Å². The van der Waals surface area contributed by atoms with E-state index >= 15 is 0 Å². The van der Waals surface area contributed by atoms with Crippen molar-refractivity contribution < 1.29 is 17.6 Å². The summed E-state index contributed by atoms with van der Waals surface area (Å²) in [6.07, 6.45) is 0. The number of nitrogens with one attached hydrogen (secondary N) is 2. The summed E-state index contributed by atoms with van der Waals surface area (Å²) in [6.45, 7) is 9.59. The maximum Gasteiger partial charge on any atom is 0.243 e. The molecule has 2 rings (SSSR count). The summed E-state index contributed by atoms with van der Waals surface area (Å²) in [4.78, 5) is 14.7. The minimum atomic E-state index is -3.66. The van der Waals surface area contributed by atoms with Crippen LogP contribution in [0.5, 0.6) is 0 Å². The first-order valence-corrected chi connectivity index (χ1v) is 12.4. The van der Waals surface area contributed by atoms with Gasteiger partial charge in [0.1, 0.15) is 5.82 Å². The molecule has 2 aromatic carbocycles. The molecule has 2 aromatic rings. The SMILES string of the molecule is CCN(CC)c1ccc(S(=O)(=O)N(CC)CC)cc1NCC(=O)Nc1ccc(F)cc1Cl. The number of hydrogen-bond acceptors (Lipinski definition) is 5. The molecule has 0 aromatic heterocycles. The summed E-state index contributed by atoms with van der Waals surface area (Å²) in [5, 5.41) is 5.76. The number of amides is 1. The first-order valence-electron chi connectivity index (χ1n) is 10.6. The molecular weight excluding hydrogens is 455 g/mol. The second-order valence-electron chi connectivity index (χ2n) is 6.97. The van der Waals surface area contributed by atoms with E-state index in [-0.39, 0.29) is 16.5 Å². The van der Waals surface area contributed by atoms with Gasteiger partial charge in [0.15, 0.2) is 0 Å². The molecule has 0 spiro atoms. The monoisotopic (exact) mass is 484 g/mol. The van der Waals surface area contributed by atoms with E-state index in [0.717, 1.165) is 11.8 Å². The molecule has 0 bridgehead atoms. The molecule has 0 aliphatic heterocycles. The molecule has 0 heterocycles. The predicted molar refractivity (Wildman–Crippen MR) is 129 cm³/mol. The molecule has 0 radical (unpaired) electrons. The van der Waals surface area contributed by atoms with Gasteiger partial charge in [-0.2, -0.15) is 4.31 Å². The average Bonchev–Trinajstić information content (AvgIpc) is 2.76. The van der Waals surface area contributed by atoms with Crippen LogP contribution in [0.4, 0.5) is 21.5 Å². The number of rotatable bonds is 11. The molecule has 0 atom stereocenters. The van der Waals surface area contributed by atoms with Gasteiger partial charge < -0.3 is 15.5 Å². The topological polar surface area (TPSA) is 81.8 Å². The first kappa shape index (κ1) is 25.9. The predicted octanol–water partition coefficient (Wildman–Crippen LogP) is 4.41. The summed E-state index contributed by atoms with van der Waals surface area (Å²) in [5.74, 6) is -0.901. The molecule has 0 fully saturated rings. The van der Waals surface area contributed by atoms with Crippen LogP contribution in [-0.2, 0) is 14.8 Å². The highest BCUT2D eigenvalue weighted by Gasteiger charge is 2.23. The highest BCUT2D eigenvalue weighted by atomic mass is 35.5. The Kier molecular flexibility index (Phi) is 9.30. The third-order valence-electron chi connectivity index (χ3n) is 5.06. The van der Waals surface area contributed by atoms with E-state index < -0.39 is 21.7 Å². The van der Waals surface area contributed by atoms with Gasteiger partial charge in [0.05, 0.1) is 33.5 Å². The Balaban J connectivity index is 2.31. The highest BCUT2D eigenvalue weighted by Crippen LogP contribution is 2.30. The van der Waals surface area contributed by atoms with Crippen LogP contribution in [0.2, 0.25) is 5.02 Å². The highest BCUT2D eigenvalue weighted by molar-refractivity contribution is 7.89. The number of carbonyl (C=O) groups excluding carboxylic acids is 1. The number of hydrogen-bond donors (Lipinski definition) is 2. The maximum atomic E-state index is 13.2. The van der Waals surface area contributed by atoms with Crippen LogP contribution in [0, 0.1) is 5.82 Å². The van der Waals surface area contributed by atoms with Gasteiger partial charge >= 0.3 is 0 Å². The minimum absolute atomic E-state index is 0.0921. The molecule has 32 heavy (non-hydrogen) atoms. The molecule has 2 N–H and O–H groups in total. The van der Waals surface area contributed by atoms with Crippen molar-refractivity contribution in [2.45, 2.75) is 32.6 Å². The number of anilines is 3. The third kappa shape index (κ3) is 6.11. The lowest BCUT2D eigenvalue weighted by Gasteiger charge is -2.26. The number of sulfonamides is 1. The molecule has 10 heteroatoms. The largest absolute Gasteiger partial charge is 0.374 e. The van der Waals surface area contributed by atoms with Gasteiger partial charge in [-0.15, -0.1) is 0 Å². The number of benzene rings is 2. The summed E-state index contributed by atoms with van der Waals surface area (Å²) >= 11 is 5.97. The van der Waals surface area contributed by atoms with Crippen molar-refractivity contribution in [3.63, 3.8) is 0 Å². The Morgan fingerprint density at radius 3 is 2.19 bits per heavy atom. The minimum Gasteiger partial charge on any atom is -0.374 e. The number of nitrogens with zero attached hydrogens (tertiary/aromatic N) is 2. The summed E-state index contributed by atoms with van der Waals surface area (Å²) in [6, 6.07) is 8.60. The third-order valence-corrected chi connectivity index (χ3v) is 7.42. The fourth-order valence-corrected chi connectivity index (χ4v) is 5.03. The average molecular weight is 485 g/mol. The van der Waals surface area contributed by atoms with Gasteiger partial charge in [-0.3, -0.25) is 4.79 Å². The fourth-order valence-electron chi connectivity index (χ4n) is 3.33. The second-order valence-corrected chi connectivity index (χ2v) is 9.31. The van der Waals surface area contributed by atoms with Gasteiger partial charge in [0, 0.05) is 26.2 Å². The van der Waals surface area contributed by atoms with Crippen molar-refractivity contribution in [2.24, 2.45) is 0 Å². The Morgan fingerprint density at radius 2 is 1.62 bits per heavy atom. The molecule has 0 saturated heterocycles.